The third-order valence-corrected chi connectivity index (χ3v) is 5.71. The molecular weight excluding hydrogens is 338 g/mol. The van der Waals surface area contributed by atoms with Crippen LogP contribution in [0.5, 0.6) is 0 Å². The highest BCUT2D eigenvalue weighted by Gasteiger charge is 2.11. The van der Waals surface area contributed by atoms with E-state index < -0.39 is 0 Å². The van der Waals surface area contributed by atoms with Gasteiger partial charge in [0, 0.05) is 11.1 Å². The van der Waals surface area contributed by atoms with Crippen LogP contribution in [0.3, 0.4) is 0 Å². The smallest absolute Gasteiger partial charge is 0.157 e. The fourth-order valence-corrected chi connectivity index (χ4v) is 4.26. The van der Waals surface area contributed by atoms with Crippen LogP contribution >= 0.6 is 11.3 Å². The molecule has 0 aliphatic heterocycles. The fraction of sp³-hybridized carbons (Fsp3) is 0.273. The molecule has 0 radical (unpaired) electrons. The molecule has 0 unspecified atom stereocenters. The van der Waals surface area contributed by atoms with E-state index in [9.17, 15) is 0 Å². The van der Waals surface area contributed by atoms with E-state index in [1.54, 1.807) is 0 Å². The van der Waals surface area contributed by atoms with Gasteiger partial charge in [0.1, 0.15) is 5.69 Å². The highest BCUT2D eigenvalue weighted by Crippen LogP contribution is 2.32. The molecule has 0 atom stereocenters. The average Bonchev–Trinajstić information content (AvgIpc) is 3.32. The molecule has 3 heterocycles. The van der Waals surface area contributed by atoms with Crippen molar-refractivity contribution in [2.75, 3.05) is 0 Å². The highest BCUT2D eigenvalue weighted by molar-refractivity contribution is 7.13. The second kappa shape index (κ2) is 7.83. The largest absolute Gasteiger partial charge is 0.337 e. The SMILES string of the molecule is CCCCCCc1ccsc1-c1ccnc(-c2nc3ccccc3[nH]2)c1. The van der Waals surface area contributed by atoms with Gasteiger partial charge in [0.2, 0.25) is 0 Å². The standard InChI is InChI=1S/C22H23N3S/c1-2-3-4-5-8-16-12-14-26-21(16)17-11-13-23-20(15-17)22-24-18-9-6-7-10-19(18)25-22/h6-7,9-15H,2-5,8H2,1H3,(H,24,25). The first kappa shape index (κ1) is 17.0. The van der Waals surface area contributed by atoms with Crippen LogP contribution in [0.25, 0.3) is 33.0 Å². The quantitative estimate of drug-likeness (QED) is 0.383. The number of aromatic nitrogens is 3. The van der Waals surface area contributed by atoms with Gasteiger partial charge in [0.05, 0.1) is 11.0 Å². The molecule has 0 amide bonds. The first-order valence-corrected chi connectivity index (χ1v) is 10.2. The van der Waals surface area contributed by atoms with E-state index in [-0.39, 0.29) is 0 Å². The number of benzene rings is 1. The van der Waals surface area contributed by atoms with Gasteiger partial charge >= 0.3 is 0 Å². The number of fused-ring (bicyclic) bond motifs is 1. The Morgan fingerprint density at radius 1 is 1.04 bits per heavy atom. The molecule has 0 saturated heterocycles. The van der Waals surface area contributed by atoms with Crippen LogP contribution in [0.1, 0.15) is 38.2 Å². The van der Waals surface area contributed by atoms with Gasteiger partial charge in [-0.05, 0) is 59.7 Å². The van der Waals surface area contributed by atoms with E-state index in [1.807, 2.05) is 41.8 Å². The normalized spacial score (nSPS) is 11.3. The number of hydrogen-bond donors (Lipinski definition) is 1. The summed E-state index contributed by atoms with van der Waals surface area (Å²) in [6.45, 7) is 2.26. The summed E-state index contributed by atoms with van der Waals surface area (Å²) in [5, 5.41) is 2.20. The summed E-state index contributed by atoms with van der Waals surface area (Å²) in [4.78, 5) is 14.0. The monoisotopic (exact) mass is 361 g/mol. The number of nitrogens with zero attached hydrogens (tertiary/aromatic N) is 2. The van der Waals surface area contributed by atoms with E-state index in [2.05, 4.69) is 45.5 Å². The van der Waals surface area contributed by atoms with Crippen LogP contribution in [0.4, 0.5) is 0 Å². The Kier molecular flexibility index (Phi) is 5.12. The van der Waals surface area contributed by atoms with Crippen LogP contribution in [0, 0.1) is 0 Å². The molecule has 0 spiro atoms. The predicted octanol–water partition coefficient (Wildman–Crippen LogP) is 6.48. The van der Waals surface area contributed by atoms with Crippen molar-refractivity contribution in [2.24, 2.45) is 0 Å². The number of imidazole rings is 1. The topological polar surface area (TPSA) is 41.6 Å². The zero-order valence-corrected chi connectivity index (χ0v) is 15.9. The average molecular weight is 362 g/mol. The molecule has 3 aromatic heterocycles. The molecule has 4 rings (SSSR count). The van der Waals surface area contributed by atoms with Gasteiger partial charge in [-0.1, -0.05) is 38.3 Å². The summed E-state index contributed by atoms with van der Waals surface area (Å²) in [7, 11) is 0. The lowest BCUT2D eigenvalue weighted by Crippen LogP contribution is -1.89. The number of H-pyrrole nitrogens is 1. The molecule has 1 aromatic carbocycles. The number of hydrogen-bond acceptors (Lipinski definition) is 3. The van der Waals surface area contributed by atoms with Gasteiger partial charge < -0.3 is 4.98 Å². The second-order valence-electron chi connectivity index (χ2n) is 6.62. The minimum absolute atomic E-state index is 0.828. The van der Waals surface area contributed by atoms with Crippen molar-refractivity contribution < 1.29 is 0 Å². The van der Waals surface area contributed by atoms with Crippen molar-refractivity contribution in [2.45, 2.75) is 39.0 Å². The maximum Gasteiger partial charge on any atom is 0.157 e. The number of unbranched alkanes of at least 4 members (excludes halogenated alkanes) is 3. The minimum atomic E-state index is 0.828. The second-order valence-corrected chi connectivity index (χ2v) is 7.53. The maximum absolute atomic E-state index is 4.68. The zero-order valence-electron chi connectivity index (χ0n) is 15.0. The summed E-state index contributed by atoms with van der Waals surface area (Å²) < 4.78 is 0. The third kappa shape index (κ3) is 3.56. The summed E-state index contributed by atoms with van der Waals surface area (Å²) in [5.41, 5.74) is 5.60. The number of aromatic amines is 1. The molecule has 3 nitrogen and oxygen atoms in total. The Morgan fingerprint density at radius 3 is 2.85 bits per heavy atom. The minimum Gasteiger partial charge on any atom is -0.337 e. The van der Waals surface area contributed by atoms with E-state index >= 15 is 0 Å². The molecule has 0 aliphatic rings. The van der Waals surface area contributed by atoms with Gasteiger partial charge in [-0.15, -0.1) is 11.3 Å². The van der Waals surface area contributed by atoms with Crippen molar-refractivity contribution in [1.82, 2.24) is 15.0 Å². The van der Waals surface area contributed by atoms with Gasteiger partial charge in [-0.2, -0.15) is 0 Å². The lowest BCUT2D eigenvalue weighted by molar-refractivity contribution is 0.668. The number of thiophene rings is 1. The number of rotatable bonds is 7. The van der Waals surface area contributed by atoms with Crippen molar-refractivity contribution in [1.29, 1.82) is 0 Å². The Balaban J connectivity index is 1.61. The first-order valence-electron chi connectivity index (χ1n) is 9.33. The Morgan fingerprint density at radius 2 is 1.96 bits per heavy atom. The van der Waals surface area contributed by atoms with Crippen molar-refractivity contribution in [3.8, 4) is 22.0 Å². The lowest BCUT2D eigenvalue weighted by Gasteiger charge is -2.05. The van der Waals surface area contributed by atoms with Crippen molar-refractivity contribution in [3.63, 3.8) is 0 Å². The molecule has 0 fully saturated rings. The first-order chi connectivity index (χ1) is 12.8. The summed E-state index contributed by atoms with van der Waals surface area (Å²) >= 11 is 1.82. The molecule has 0 bridgehead atoms. The van der Waals surface area contributed by atoms with Gasteiger partial charge in [0.25, 0.3) is 0 Å². The Hall–Kier alpha value is -2.46. The number of para-hydroxylation sites is 2. The van der Waals surface area contributed by atoms with E-state index in [0.717, 1.165) is 29.0 Å². The summed E-state index contributed by atoms with van der Waals surface area (Å²) in [6.07, 6.45) is 8.22. The molecule has 0 aliphatic carbocycles. The van der Waals surface area contributed by atoms with Crippen LogP contribution < -0.4 is 0 Å². The molecule has 4 heteroatoms. The summed E-state index contributed by atoms with van der Waals surface area (Å²) in [6, 6.07) is 14.6. The van der Waals surface area contributed by atoms with E-state index in [4.69, 9.17) is 0 Å². The number of pyridine rings is 1. The Labute approximate surface area is 158 Å². The molecule has 4 aromatic rings. The van der Waals surface area contributed by atoms with Crippen LogP contribution in [-0.2, 0) is 6.42 Å². The predicted molar refractivity (Wildman–Crippen MR) is 110 cm³/mol. The summed E-state index contributed by atoms with van der Waals surface area (Å²) in [5.74, 6) is 0.828. The zero-order chi connectivity index (χ0) is 17.8. The van der Waals surface area contributed by atoms with Crippen LogP contribution in [0.15, 0.2) is 54.0 Å². The fourth-order valence-electron chi connectivity index (χ4n) is 3.30. The molecule has 1 N–H and O–H groups in total. The molecule has 132 valence electrons. The van der Waals surface area contributed by atoms with Gasteiger partial charge in [0.15, 0.2) is 5.82 Å². The van der Waals surface area contributed by atoms with Crippen LogP contribution in [0.2, 0.25) is 0 Å². The molecular formula is C22H23N3S. The van der Waals surface area contributed by atoms with Gasteiger partial charge in [-0.3, -0.25) is 4.98 Å². The maximum atomic E-state index is 4.68. The highest BCUT2D eigenvalue weighted by atomic mass is 32.1. The molecule has 26 heavy (non-hydrogen) atoms. The van der Waals surface area contributed by atoms with Crippen molar-refractivity contribution in [3.05, 3.63) is 59.6 Å². The van der Waals surface area contributed by atoms with E-state index in [0.29, 0.717) is 0 Å². The van der Waals surface area contributed by atoms with Crippen LogP contribution in [-0.4, -0.2) is 15.0 Å². The number of nitrogens with one attached hydrogen (secondary N) is 1. The lowest BCUT2D eigenvalue weighted by atomic mass is 10.0. The Bertz CT molecular complexity index is 966. The third-order valence-electron chi connectivity index (χ3n) is 4.70. The van der Waals surface area contributed by atoms with E-state index in [1.165, 1.54) is 41.7 Å². The number of aryl methyl sites for hydroxylation is 1. The van der Waals surface area contributed by atoms with Crippen molar-refractivity contribution >= 4 is 22.4 Å². The molecule has 0 saturated carbocycles. The van der Waals surface area contributed by atoms with Gasteiger partial charge in [-0.25, -0.2) is 4.98 Å².